The molecule has 8 heteroatoms. The fraction of sp³-hybridized carbons (Fsp3) is 0.438. The van der Waals surface area contributed by atoms with Gasteiger partial charge in [0.1, 0.15) is 5.75 Å². The lowest BCUT2D eigenvalue weighted by molar-refractivity contribution is -0.157. The number of carbonyl (C=O) groups excluding carboxylic acids is 3. The van der Waals surface area contributed by atoms with Crippen molar-refractivity contribution in [3.05, 3.63) is 24.3 Å². The third-order valence-corrected chi connectivity index (χ3v) is 3.34. The molecule has 130 valence electrons. The second kappa shape index (κ2) is 8.30. The van der Waals surface area contributed by atoms with Crippen LogP contribution in [-0.2, 0) is 23.9 Å². The van der Waals surface area contributed by atoms with Gasteiger partial charge in [-0.25, -0.2) is 0 Å². The molecule has 0 saturated carbocycles. The zero-order chi connectivity index (χ0) is 17.5. The number of methoxy groups -OCH3 is 1. The number of ether oxygens (including phenoxy) is 3. The third kappa shape index (κ3) is 4.69. The second-order valence-corrected chi connectivity index (χ2v) is 5.21. The minimum Gasteiger partial charge on any atom is -0.478 e. The Balaban J connectivity index is 1.84. The smallest absolute Gasteiger partial charge is 0.310 e. The van der Waals surface area contributed by atoms with E-state index in [0.29, 0.717) is 24.6 Å². The predicted molar refractivity (Wildman–Crippen MR) is 84.5 cm³/mol. The van der Waals surface area contributed by atoms with Gasteiger partial charge in [-0.2, -0.15) is 0 Å². The molecule has 2 atom stereocenters. The first-order valence-corrected chi connectivity index (χ1v) is 7.54. The summed E-state index contributed by atoms with van der Waals surface area (Å²) < 4.78 is 15.3. The van der Waals surface area contributed by atoms with E-state index in [2.05, 4.69) is 10.6 Å². The van der Waals surface area contributed by atoms with E-state index in [1.807, 2.05) is 0 Å². The molecule has 0 spiro atoms. The van der Waals surface area contributed by atoms with Gasteiger partial charge >= 0.3 is 5.97 Å². The topological polar surface area (TPSA) is 103 Å². The minimum atomic E-state index is -0.990. The number of nitrogens with one attached hydrogen (secondary N) is 2. The van der Waals surface area contributed by atoms with Gasteiger partial charge in [0, 0.05) is 13.7 Å². The lowest BCUT2D eigenvalue weighted by Crippen LogP contribution is -2.41. The maximum atomic E-state index is 11.9. The predicted octanol–water partition coefficient (Wildman–Crippen LogP) is 0.470. The zero-order valence-corrected chi connectivity index (χ0v) is 13.5. The Morgan fingerprint density at radius 3 is 2.88 bits per heavy atom. The Bertz CT molecular complexity index is 618. The molecule has 0 bridgehead atoms. The maximum absolute atomic E-state index is 11.9. The largest absolute Gasteiger partial charge is 0.478 e. The molecule has 0 unspecified atom stereocenters. The molecule has 2 amide bonds. The number of benzene rings is 1. The molecule has 24 heavy (non-hydrogen) atoms. The first kappa shape index (κ1) is 17.7. The molecule has 1 heterocycles. The van der Waals surface area contributed by atoms with Crippen LogP contribution < -0.4 is 15.4 Å². The Morgan fingerprint density at radius 1 is 1.38 bits per heavy atom. The molecule has 0 radical (unpaired) electrons. The third-order valence-electron chi connectivity index (χ3n) is 3.34. The summed E-state index contributed by atoms with van der Waals surface area (Å²) in [5.41, 5.74) is 0.554. The van der Waals surface area contributed by atoms with Crippen molar-refractivity contribution in [3.8, 4) is 5.75 Å². The summed E-state index contributed by atoms with van der Waals surface area (Å²) in [6.45, 7) is 2.14. The van der Waals surface area contributed by atoms with Crippen LogP contribution in [0.5, 0.6) is 5.75 Å². The van der Waals surface area contributed by atoms with Crippen molar-refractivity contribution in [2.24, 2.45) is 0 Å². The van der Waals surface area contributed by atoms with E-state index in [9.17, 15) is 14.4 Å². The van der Waals surface area contributed by atoms with Crippen LogP contribution in [0.3, 0.4) is 0 Å². The van der Waals surface area contributed by atoms with Crippen LogP contribution in [0.1, 0.15) is 13.3 Å². The summed E-state index contributed by atoms with van der Waals surface area (Å²) in [5.74, 6) is -1.06. The van der Waals surface area contributed by atoms with Gasteiger partial charge < -0.3 is 24.8 Å². The monoisotopic (exact) mass is 336 g/mol. The van der Waals surface area contributed by atoms with Gasteiger partial charge in [0.05, 0.1) is 18.7 Å². The lowest BCUT2D eigenvalue weighted by Gasteiger charge is -2.25. The standard InChI is InChI=1S/C16H20N2O6/c1-10(15(20)17-7-8-22-2)23-14(19)9-13-16(21)18-11-5-3-4-6-12(11)24-13/h3-6,10,13H,7-9H2,1-2H3,(H,17,20)(H,18,21)/t10-,13+/m1/s1. The molecule has 0 fully saturated rings. The van der Waals surface area contributed by atoms with Crippen molar-refractivity contribution in [1.82, 2.24) is 5.32 Å². The van der Waals surface area contributed by atoms with Crippen LogP contribution in [0.2, 0.25) is 0 Å². The first-order chi connectivity index (χ1) is 11.5. The van der Waals surface area contributed by atoms with E-state index < -0.39 is 30.0 Å². The number of rotatable bonds is 7. The summed E-state index contributed by atoms with van der Waals surface area (Å²) in [5, 5.41) is 5.22. The van der Waals surface area contributed by atoms with Gasteiger partial charge in [-0.05, 0) is 19.1 Å². The van der Waals surface area contributed by atoms with Gasteiger partial charge in [0.2, 0.25) is 0 Å². The normalized spacial score (nSPS) is 17.1. The van der Waals surface area contributed by atoms with E-state index in [1.165, 1.54) is 14.0 Å². The van der Waals surface area contributed by atoms with E-state index >= 15 is 0 Å². The maximum Gasteiger partial charge on any atom is 0.310 e. The summed E-state index contributed by atoms with van der Waals surface area (Å²) >= 11 is 0. The number of hydrogen-bond donors (Lipinski definition) is 2. The van der Waals surface area contributed by atoms with Crippen molar-refractivity contribution in [3.63, 3.8) is 0 Å². The van der Waals surface area contributed by atoms with E-state index in [1.54, 1.807) is 24.3 Å². The Kier molecular flexibility index (Phi) is 6.14. The van der Waals surface area contributed by atoms with Crippen LogP contribution in [0.15, 0.2) is 24.3 Å². The van der Waals surface area contributed by atoms with E-state index in [0.717, 1.165) is 0 Å². The van der Waals surface area contributed by atoms with E-state index in [-0.39, 0.29) is 6.42 Å². The lowest BCUT2D eigenvalue weighted by atomic mass is 10.1. The van der Waals surface area contributed by atoms with Crippen molar-refractivity contribution < 1.29 is 28.6 Å². The molecule has 0 aromatic heterocycles. The number of hydrogen-bond acceptors (Lipinski definition) is 6. The van der Waals surface area contributed by atoms with Gasteiger partial charge in [0.15, 0.2) is 12.2 Å². The highest BCUT2D eigenvalue weighted by Gasteiger charge is 2.31. The average Bonchev–Trinajstić information content (AvgIpc) is 2.55. The Hall–Kier alpha value is -2.61. The first-order valence-electron chi connectivity index (χ1n) is 7.54. The van der Waals surface area contributed by atoms with E-state index in [4.69, 9.17) is 14.2 Å². The van der Waals surface area contributed by atoms with Crippen LogP contribution in [0.25, 0.3) is 0 Å². The van der Waals surface area contributed by atoms with Gasteiger partial charge in [-0.1, -0.05) is 12.1 Å². The molecule has 1 aliphatic heterocycles. The second-order valence-electron chi connectivity index (χ2n) is 5.21. The number of amides is 2. The minimum absolute atomic E-state index is 0.282. The Labute approximate surface area is 139 Å². The van der Waals surface area contributed by atoms with Crippen molar-refractivity contribution in [1.29, 1.82) is 0 Å². The Morgan fingerprint density at radius 2 is 2.12 bits per heavy atom. The number of para-hydroxylation sites is 2. The fourth-order valence-corrected chi connectivity index (χ4v) is 2.10. The number of anilines is 1. The van der Waals surface area contributed by atoms with Gasteiger partial charge in [0.25, 0.3) is 11.8 Å². The molecule has 1 aromatic carbocycles. The number of carbonyl (C=O) groups is 3. The summed E-state index contributed by atoms with van der Waals surface area (Å²) in [4.78, 5) is 35.6. The van der Waals surface area contributed by atoms with Crippen LogP contribution >= 0.6 is 0 Å². The van der Waals surface area contributed by atoms with Crippen LogP contribution in [0, 0.1) is 0 Å². The van der Waals surface area contributed by atoms with Gasteiger partial charge in [-0.15, -0.1) is 0 Å². The van der Waals surface area contributed by atoms with Crippen LogP contribution in [-0.4, -0.2) is 50.3 Å². The molecule has 0 saturated heterocycles. The highest BCUT2D eigenvalue weighted by molar-refractivity contribution is 5.99. The molecule has 1 aliphatic rings. The quantitative estimate of drug-likeness (QED) is 0.554. The number of fused-ring (bicyclic) bond motifs is 1. The molecule has 8 nitrogen and oxygen atoms in total. The molecular formula is C16H20N2O6. The highest BCUT2D eigenvalue weighted by Crippen LogP contribution is 2.29. The molecular weight excluding hydrogens is 316 g/mol. The van der Waals surface area contributed by atoms with Crippen molar-refractivity contribution in [2.45, 2.75) is 25.6 Å². The summed E-state index contributed by atoms with van der Waals surface area (Å²) in [6, 6.07) is 6.92. The number of esters is 1. The zero-order valence-electron chi connectivity index (χ0n) is 13.5. The SMILES string of the molecule is COCCNC(=O)[C@@H](C)OC(=O)C[C@@H]1Oc2ccccc2NC1=O. The molecule has 2 rings (SSSR count). The highest BCUT2D eigenvalue weighted by atomic mass is 16.6. The summed E-state index contributed by atoms with van der Waals surface area (Å²) in [6.07, 6.45) is -2.24. The van der Waals surface area contributed by atoms with Crippen molar-refractivity contribution in [2.75, 3.05) is 25.6 Å². The molecule has 1 aromatic rings. The fourth-order valence-electron chi connectivity index (χ4n) is 2.10. The average molecular weight is 336 g/mol. The van der Waals surface area contributed by atoms with Crippen molar-refractivity contribution >= 4 is 23.5 Å². The molecule has 0 aliphatic carbocycles. The van der Waals surface area contributed by atoms with Gasteiger partial charge in [-0.3, -0.25) is 14.4 Å². The summed E-state index contributed by atoms with van der Waals surface area (Å²) in [7, 11) is 1.52. The van der Waals surface area contributed by atoms with Crippen LogP contribution in [0.4, 0.5) is 5.69 Å². The molecule has 2 N–H and O–H groups in total.